The van der Waals surface area contributed by atoms with Crippen molar-refractivity contribution in [3.05, 3.63) is 51.4 Å². The van der Waals surface area contributed by atoms with Crippen LogP contribution in [0, 0.1) is 10.1 Å². The summed E-state index contributed by atoms with van der Waals surface area (Å²) in [7, 11) is -7.99. The van der Waals surface area contributed by atoms with Gasteiger partial charge in [0.25, 0.3) is 0 Å². The Hall–Kier alpha value is -1.60. The van der Waals surface area contributed by atoms with Gasteiger partial charge < -0.3 is 9.08 Å². The van der Waals surface area contributed by atoms with E-state index in [0.29, 0.717) is 31.3 Å². The lowest BCUT2D eigenvalue weighted by molar-refractivity contribution is -0.380. The standard InChI is InChI=1S/C20H26Cl2N2O7S3/c1-2-14-33(27,28)15-8-19(18-7-13-32-20(18)24(25)26)34(29,30)31-17-5-3-16(4-6-17)23(11-9-21)12-10-22/h3-7,13,19H,2,8-12,14-15H2,1H3. The Morgan fingerprint density at radius 2 is 1.68 bits per heavy atom. The molecule has 0 aliphatic rings. The van der Waals surface area contributed by atoms with Gasteiger partial charge in [0.15, 0.2) is 0 Å². The molecule has 1 atom stereocenters. The van der Waals surface area contributed by atoms with Crippen LogP contribution in [0.3, 0.4) is 0 Å². The van der Waals surface area contributed by atoms with Crippen LogP contribution in [0.5, 0.6) is 5.75 Å². The zero-order valence-electron chi connectivity index (χ0n) is 18.4. The van der Waals surface area contributed by atoms with Crippen LogP contribution < -0.4 is 9.08 Å². The number of benzene rings is 1. The van der Waals surface area contributed by atoms with Gasteiger partial charge in [0.2, 0.25) is 0 Å². The lowest BCUT2D eigenvalue weighted by Gasteiger charge is -2.23. The number of anilines is 1. The molecule has 0 saturated heterocycles. The molecule has 0 N–H and O–H groups in total. The molecule has 0 aliphatic carbocycles. The van der Waals surface area contributed by atoms with Crippen molar-refractivity contribution in [2.45, 2.75) is 25.0 Å². The Kier molecular flexibility index (Phi) is 10.9. The van der Waals surface area contributed by atoms with E-state index in [-0.39, 0.29) is 28.5 Å². The summed E-state index contributed by atoms with van der Waals surface area (Å²) in [6, 6.07) is 7.53. The summed E-state index contributed by atoms with van der Waals surface area (Å²) < 4.78 is 56.1. The minimum Gasteiger partial charge on any atom is -0.382 e. The molecule has 34 heavy (non-hydrogen) atoms. The second-order valence-corrected chi connectivity index (χ2v) is 13.0. The maximum absolute atomic E-state index is 13.2. The average molecular weight is 574 g/mol. The second kappa shape index (κ2) is 12.9. The topological polar surface area (TPSA) is 124 Å². The van der Waals surface area contributed by atoms with Gasteiger partial charge in [-0.25, -0.2) is 8.42 Å². The number of halogens is 2. The predicted octanol–water partition coefficient (Wildman–Crippen LogP) is 4.61. The molecule has 2 aromatic rings. The number of rotatable bonds is 15. The summed E-state index contributed by atoms with van der Waals surface area (Å²) in [5.41, 5.74) is 0.676. The number of nitro groups is 1. The van der Waals surface area contributed by atoms with E-state index in [9.17, 15) is 26.9 Å². The van der Waals surface area contributed by atoms with Crippen LogP contribution in [0.4, 0.5) is 10.7 Å². The van der Waals surface area contributed by atoms with E-state index >= 15 is 0 Å². The highest BCUT2D eigenvalue weighted by atomic mass is 35.5. The molecule has 14 heteroatoms. The van der Waals surface area contributed by atoms with E-state index in [1.54, 1.807) is 19.1 Å². The third kappa shape index (κ3) is 7.98. The van der Waals surface area contributed by atoms with Gasteiger partial charge in [0.05, 0.1) is 16.2 Å². The van der Waals surface area contributed by atoms with Gasteiger partial charge in [-0.3, -0.25) is 10.1 Å². The van der Waals surface area contributed by atoms with Gasteiger partial charge in [-0.1, -0.05) is 18.3 Å². The maximum Gasteiger partial charge on any atom is 0.328 e. The molecule has 1 aromatic carbocycles. The van der Waals surface area contributed by atoms with Crippen LogP contribution in [-0.2, 0) is 20.0 Å². The fourth-order valence-corrected chi connectivity index (χ4v) is 7.57. The highest BCUT2D eigenvalue weighted by Gasteiger charge is 2.36. The highest BCUT2D eigenvalue weighted by Crippen LogP contribution is 2.38. The predicted molar refractivity (Wildman–Crippen MR) is 137 cm³/mol. The molecule has 1 heterocycles. The Morgan fingerprint density at radius 1 is 1.06 bits per heavy atom. The third-order valence-corrected chi connectivity index (χ3v) is 9.58. The first-order valence-electron chi connectivity index (χ1n) is 10.4. The van der Waals surface area contributed by atoms with Crippen LogP contribution in [-0.4, -0.2) is 58.1 Å². The van der Waals surface area contributed by atoms with Crippen molar-refractivity contribution in [2.75, 3.05) is 41.3 Å². The van der Waals surface area contributed by atoms with E-state index in [4.69, 9.17) is 27.4 Å². The van der Waals surface area contributed by atoms with E-state index in [2.05, 4.69) is 0 Å². The van der Waals surface area contributed by atoms with Gasteiger partial charge >= 0.3 is 15.1 Å². The first-order valence-corrected chi connectivity index (χ1v) is 15.6. The van der Waals surface area contributed by atoms with Gasteiger partial charge in [0, 0.05) is 36.3 Å². The molecule has 0 aliphatic heterocycles. The first kappa shape index (κ1) is 28.6. The number of sulfone groups is 1. The number of hydrogen-bond acceptors (Lipinski definition) is 9. The lowest BCUT2D eigenvalue weighted by Crippen LogP contribution is -2.27. The van der Waals surface area contributed by atoms with Crippen molar-refractivity contribution in [1.82, 2.24) is 0 Å². The molecule has 0 bridgehead atoms. The monoisotopic (exact) mass is 572 g/mol. The zero-order valence-corrected chi connectivity index (χ0v) is 22.4. The summed E-state index contributed by atoms with van der Waals surface area (Å²) in [6.07, 6.45) is 0.0190. The fourth-order valence-electron chi connectivity index (χ4n) is 3.34. The summed E-state index contributed by atoms with van der Waals surface area (Å²) in [4.78, 5) is 12.7. The van der Waals surface area contributed by atoms with E-state index in [1.807, 2.05) is 4.90 Å². The molecule has 190 valence electrons. The molecule has 9 nitrogen and oxygen atoms in total. The number of alkyl halides is 2. The van der Waals surface area contributed by atoms with Gasteiger partial charge in [-0.15, -0.1) is 23.2 Å². The van der Waals surface area contributed by atoms with Crippen LogP contribution in [0.1, 0.15) is 30.6 Å². The Labute approximate surface area is 213 Å². The summed E-state index contributed by atoms with van der Waals surface area (Å²) in [5, 5.41) is 10.9. The number of nitrogens with zero attached hydrogens (tertiary/aromatic N) is 2. The molecule has 0 saturated carbocycles. The molecular weight excluding hydrogens is 547 g/mol. The average Bonchev–Trinajstić information content (AvgIpc) is 3.23. The quantitative estimate of drug-likeness (QED) is 0.131. The summed E-state index contributed by atoms with van der Waals surface area (Å²) in [5.74, 6) is 0.220. The van der Waals surface area contributed by atoms with Crippen molar-refractivity contribution in [3.8, 4) is 5.75 Å². The largest absolute Gasteiger partial charge is 0.382 e. The molecule has 1 unspecified atom stereocenters. The van der Waals surface area contributed by atoms with E-state index in [1.165, 1.54) is 23.6 Å². The Bertz CT molecular complexity index is 1150. The summed E-state index contributed by atoms with van der Waals surface area (Å²) in [6.45, 7) is 2.79. The smallest absolute Gasteiger partial charge is 0.328 e. The molecule has 0 spiro atoms. The zero-order chi connectivity index (χ0) is 25.4. The van der Waals surface area contributed by atoms with Crippen LogP contribution in [0.2, 0.25) is 0 Å². The molecule has 0 amide bonds. The lowest BCUT2D eigenvalue weighted by atomic mass is 10.2. The normalized spacial score (nSPS) is 12.9. The SMILES string of the molecule is CCCS(=O)(=O)CCC(c1ccsc1[N+](=O)[O-])S(=O)(=O)Oc1ccc(N(CCCl)CCCl)cc1. The van der Waals surface area contributed by atoms with Crippen LogP contribution in [0.15, 0.2) is 35.7 Å². The Balaban J connectivity index is 2.34. The van der Waals surface area contributed by atoms with Crippen molar-refractivity contribution in [1.29, 1.82) is 0 Å². The highest BCUT2D eigenvalue weighted by molar-refractivity contribution is 7.91. The molecule has 2 rings (SSSR count). The number of thiophene rings is 1. The van der Waals surface area contributed by atoms with Crippen molar-refractivity contribution >= 4 is 65.2 Å². The maximum atomic E-state index is 13.2. The first-order chi connectivity index (χ1) is 16.0. The molecular formula is C20H26Cl2N2O7S3. The van der Waals surface area contributed by atoms with Gasteiger partial charge in [-0.05, 0) is 48.6 Å². The van der Waals surface area contributed by atoms with Gasteiger partial charge in [0.1, 0.15) is 20.8 Å². The fraction of sp³-hybridized carbons (Fsp3) is 0.500. The van der Waals surface area contributed by atoms with Crippen LogP contribution in [0.25, 0.3) is 0 Å². The summed E-state index contributed by atoms with van der Waals surface area (Å²) >= 11 is 12.4. The van der Waals surface area contributed by atoms with E-state index in [0.717, 1.165) is 17.0 Å². The minimum atomic E-state index is -4.46. The van der Waals surface area contributed by atoms with Gasteiger partial charge in [-0.2, -0.15) is 8.42 Å². The third-order valence-electron chi connectivity index (χ3n) is 4.86. The molecule has 0 radical (unpaired) electrons. The van der Waals surface area contributed by atoms with Crippen LogP contribution >= 0.6 is 34.5 Å². The van der Waals surface area contributed by atoms with Crippen molar-refractivity contribution in [2.24, 2.45) is 0 Å². The Morgan fingerprint density at radius 3 is 2.21 bits per heavy atom. The number of hydrogen-bond donors (Lipinski definition) is 0. The molecule has 0 fully saturated rings. The van der Waals surface area contributed by atoms with Crippen molar-refractivity contribution < 1.29 is 25.9 Å². The van der Waals surface area contributed by atoms with Crippen molar-refractivity contribution in [3.63, 3.8) is 0 Å². The van der Waals surface area contributed by atoms with E-state index < -0.39 is 35.9 Å². The second-order valence-electron chi connectivity index (χ2n) is 7.30. The minimum absolute atomic E-state index is 0.000236. The molecule has 1 aromatic heterocycles.